The summed E-state index contributed by atoms with van der Waals surface area (Å²) >= 11 is 6.81. The van der Waals surface area contributed by atoms with Crippen LogP contribution < -0.4 is 5.73 Å². The molecule has 0 aliphatic carbocycles. The molecule has 1 saturated heterocycles. The van der Waals surface area contributed by atoms with Crippen molar-refractivity contribution in [1.82, 2.24) is 0 Å². The van der Waals surface area contributed by atoms with Crippen LogP contribution in [0.4, 0.5) is 0 Å². The monoisotopic (exact) mass is 363 g/mol. The molecule has 3 N–H and O–H groups in total. The number of ether oxygens (including phenoxy) is 1. The van der Waals surface area contributed by atoms with Crippen molar-refractivity contribution in [3.63, 3.8) is 0 Å². The van der Waals surface area contributed by atoms with Gasteiger partial charge in [-0.25, -0.2) is 0 Å². The van der Waals surface area contributed by atoms with Crippen LogP contribution >= 0.6 is 31.9 Å². The molecule has 0 radical (unpaired) electrons. The number of hydrogen-bond acceptors (Lipinski definition) is 3. The van der Waals surface area contributed by atoms with E-state index in [0.717, 1.165) is 40.6 Å². The molecule has 5 heteroatoms. The van der Waals surface area contributed by atoms with Crippen molar-refractivity contribution in [3.8, 4) is 5.75 Å². The van der Waals surface area contributed by atoms with Crippen LogP contribution in [0.2, 0.25) is 0 Å². The van der Waals surface area contributed by atoms with E-state index >= 15 is 0 Å². The molecule has 1 atom stereocenters. The SMILES string of the molecule is N[C@H](c1c(O)cc(Br)cc1Br)C1CCOCC1. The van der Waals surface area contributed by atoms with Crippen LogP contribution in [-0.4, -0.2) is 18.3 Å². The lowest BCUT2D eigenvalue weighted by Gasteiger charge is -2.28. The highest BCUT2D eigenvalue weighted by molar-refractivity contribution is 9.11. The highest BCUT2D eigenvalue weighted by Crippen LogP contribution is 2.39. The Balaban J connectivity index is 2.26. The molecule has 0 aromatic heterocycles. The van der Waals surface area contributed by atoms with Crippen LogP contribution in [0.1, 0.15) is 24.4 Å². The standard InChI is InChI=1S/C12H15Br2NO2/c13-8-5-9(14)11(10(16)6-8)12(15)7-1-3-17-4-2-7/h5-7,12,16H,1-4,15H2/t12-/m0/s1. The minimum absolute atomic E-state index is 0.152. The number of phenolic OH excluding ortho intramolecular Hbond substituents is 1. The lowest BCUT2D eigenvalue weighted by atomic mass is 9.87. The van der Waals surface area contributed by atoms with Crippen LogP contribution in [-0.2, 0) is 4.74 Å². The summed E-state index contributed by atoms with van der Waals surface area (Å²) in [7, 11) is 0. The molecule has 17 heavy (non-hydrogen) atoms. The zero-order valence-electron chi connectivity index (χ0n) is 9.33. The van der Waals surface area contributed by atoms with Crippen molar-refractivity contribution in [1.29, 1.82) is 0 Å². The molecule has 1 aliphatic rings. The van der Waals surface area contributed by atoms with Gasteiger partial charge in [-0.15, -0.1) is 0 Å². The van der Waals surface area contributed by atoms with E-state index in [1.54, 1.807) is 6.07 Å². The van der Waals surface area contributed by atoms with E-state index in [9.17, 15) is 5.11 Å². The molecule has 0 saturated carbocycles. The summed E-state index contributed by atoms with van der Waals surface area (Å²) in [5.74, 6) is 0.609. The molecule has 3 nitrogen and oxygen atoms in total. The van der Waals surface area contributed by atoms with Gasteiger partial charge in [0.2, 0.25) is 0 Å². The molecule has 94 valence electrons. The summed E-state index contributed by atoms with van der Waals surface area (Å²) in [6, 6.07) is 3.44. The van der Waals surface area contributed by atoms with Gasteiger partial charge in [0, 0.05) is 33.8 Å². The fraction of sp³-hybridized carbons (Fsp3) is 0.500. The minimum Gasteiger partial charge on any atom is -0.508 e. The molecular weight excluding hydrogens is 350 g/mol. The summed E-state index contributed by atoms with van der Waals surface area (Å²) in [5.41, 5.74) is 7.05. The van der Waals surface area contributed by atoms with Gasteiger partial charge in [0.05, 0.1) is 0 Å². The predicted octanol–water partition coefficient (Wildman–Crippen LogP) is 3.34. The van der Waals surface area contributed by atoms with Crippen molar-refractivity contribution in [2.45, 2.75) is 18.9 Å². The first-order valence-electron chi connectivity index (χ1n) is 5.61. The fourth-order valence-electron chi connectivity index (χ4n) is 2.21. The number of halogens is 2. The molecule has 0 unspecified atom stereocenters. The highest BCUT2D eigenvalue weighted by Gasteiger charge is 2.26. The molecule has 1 aliphatic heterocycles. The Labute approximate surface area is 118 Å². The smallest absolute Gasteiger partial charge is 0.122 e. The first-order valence-corrected chi connectivity index (χ1v) is 7.19. The van der Waals surface area contributed by atoms with E-state index in [1.807, 2.05) is 6.07 Å². The maximum Gasteiger partial charge on any atom is 0.122 e. The molecule has 2 rings (SSSR count). The van der Waals surface area contributed by atoms with Crippen molar-refractivity contribution in [2.75, 3.05) is 13.2 Å². The Bertz CT molecular complexity index is 382. The Morgan fingerprint density at radius 1 is 1.29 bits per heavy atom. The second kappa shape index (κ2) is 5.69. The molecule has 0 bridgehead atoms. The quantitative estimate of drug-likeness (QED) is 0.846. The minimum atomic E-state index is -0.152. The van der Waals surface area contributed by atoms with E-state index in [4.69, 9.17) is 10.5 Å². The van der Waals surface area contributed by atoms with Gasteiger partial charge in [0.1, 0.15) is 5.75 Å². The topological polar surface area (TPSA) is 55.5 Å². The van der Waals surface area contributed by atoms with Gasteiger partial charge in [0.15, 0.2) is 0 Å². The number of rotatable bonds is 2. The highest BCUT2D eigenvalue weighted by atomic mass is 79.9. The maximum atomic E-state index is 10.0. The van der Waals surface area contributed by atoms with Crippen LogP contribution in [0.15, 0.2) is 21.1 Å². The van der Waals surface area contributed by atoms with Crippen molar-refractivity contribution in [3.05, 3.63) is 26.6 Å². The Morgan fingerprint density at radius 3 is 2.53 bits per heavy atom. The zero-order chi connectivity index (χ0) is 12.4. The van der Waals surface area contributed by atoms with E-state index in [-0.39, 0.29) is 11.8 Å². The fourth-order valence-corrected chi connectivity index (χ4v) is 3.68. The summed E-state index contributed by atoms with van der Waals surface area (Å²) in [6.07, 6.45) is 1.90. The Morgan fingerprint density at radius 2 is 1.94 bits per heavy atom. The number of hydrogen-bond donors (Lipinski definition) is 2. The van der Waals surface area contributed by atoms with E-state index in [1.165, 1.54) is 0 Å². The molecule has 0 spiro atoms. The lowest BCUT2D eigenvalue weighted by molar-refractivity contribution is 0.0580. The van der Waals surface area contributed by atoms with Gasteiger partial charge < -0.3 is 15.6 Å². The number of nitrogens with two attached hydrogens (primary N) is 1. The number of benzene rings is 1. The first kappa shape index (κ1) is 13.3. The molecule has 1 heterocycles. The Kier molecular flexibility index (Phi) is 4.47. The molecular formula is C12H15Br2NO2. The second-order valence-corrected chi connectivity index (χ2v) is 6.07. The normalized spacial score (nSPS) is 19.2. The van der Waals surface area contributed by atoms with E-state index < -0.39 is 0 Å². The molecule has 0 amide bonds. The summed E-state index contributed by atoms with van der Waals surface area (Å²) in [5, 5.41) is 10.0. The van der Waals surface area contributed by atoms with E-state index in [2.05, 4.69) is 31.9 Å². The van der Waals surface area contributed by atoms with Gasteiger partial charge in [-0.3, -0.25) is 0 Å². The Hall–Kier alpha value is -0.100. The third-order valence-corrected chi connectivity index (χ3v) is 4.29. The maximum absolute atomic E-state index is 10.0. The van der Waals surface area contributed by atoms with Gasteiger partial charge in [-0.1, -0.05) is 31.9 Å². The van der Waals surface area contributed by atoms with Crippen LogP contribution in [0.5, 0.6) is 5.75 Å². The largest absolute Gasteiger partial charge is 0.508 e. The molecule has 1 aromatic carbocycles. The van der Waals surface area contributed by atoms with E-state index in [0.29, 0.717) is 5.92 Å². The number of aromatic hydroxyl groups is 1. The average molecular weight is 365 g/mol. The van der Waals surface area contributed by atoms with Gasteiger partial charge in [-0.2, -0.15) is 0 Å². The molecule has 1 aromatic rings. The third-order valence-electron chi connectivity index (χ3n) is 3.18. The van der Waals surface area contributed by atoms with Crippen LogP contribution in [0.3, 0.4) is 0 Å². The van der Waals surface area contributed by atoms with Gasteiger partial charge in [-0.05, 0) is 30.9 Å². The second-order valence-electron chi connectivity index (χ2n) is 4.30. The number of phenols is 1. The van der Waals surface area contributed by atoms with Gasteiger partial charge >= 0.3 is 0 Å². The van der Waals surface area contributed by atoms with Crippen LogP contribution in [0.25, 0.3) is 0 Å². The molecule has 1 fully saturated rings. The summed E-state index contributed by atoms with van der Waals surface area (Å²) < 4.78 is 7.02. The van der Waals surface area contributed by atoms with Crippen molar-refractivity contribution < 1.29 is 9.84 Å². The van der Waals surface area contributed by atoms with Crippen molar-refractivity contribution in [2.24, 2.45) is 11.7 Å². The summed E-state index contributed by atoms with van der Waals surface area (Å²) in [4.78, 5) is 0. The summed E-state index contributed by atoms with van der Waals surface area (Å²) in [6.45, 7) is 1.51. The van der Waals surface area contributed by atoms with Crippen molar-refractivity contribution >= 4 is 31.9 Å². The predicted molar refractivity (Wildman–Crippen MR) is 74.0 cm³/mol. The average Bonchev–Trinajstić information content (AvgIpc) is 2.28. The third kappa shape index (κ3) is 3.02. The first-order chi connectivity index (χ1) is 8.09. The lowest BCUT2D eigenvalue weighted by Crippen LogP contribution is -2.27. The zero-order valence-corrected chi connectivity index (χ0v) is 12.5. The van der Waals surface area contributed by atoms with Crippen LogP contribution in [0, 0.1) is 5.92 Å². The van der Waals surface area contributed by atoms with Gasteiger partial charge in [0.25, 0.3) is 0 Å².